The number of rotatable bonds is 2. The molecule has 0 aromatic carbocycles. The lowest BCUT2D eigenvalue weighted by Gasteiger charge is -2.19. The summed E-state index contributed by atoms with van der Waals surface area (Å²) < 4.78 is 4.87. The van der Waals surface area contributed by atoms with Gasteiger partial charge in [-0.2, -0.15) is 0 Å². The fourth-order valence-electron chi connectivity index (χ4n) is 1.10. The van der Waals surface area contributed by atoms with Crippen molar-refractivity contribution in [2.75, 3.05) is 13.2 Å². The largest absolute Gasteiger partial charge is 0.445 e. The number of hydrogen-bond acceptors (Lipinski definition) is 2. The van der Waals surface area contributed by atoms with Crippen molar-refractivity contribution in [3.05, 3.63) is 24.8 Å². The van der Waals surface area contributed by atoms with Crippen molar-refractivity contribution in [1.82, 2.24) is 4.90 Å². The first-order valence-corrected chi connectivity index (χ1v) is 3.96. The van der Waals surface area contributed by atoms with Gasteiger partial charge in [-0.3, -0.25) is 4.90 Å². The first kappa shape index (κ1) is 8.84. The number of hydrogen-bond donors (Lipinski definition) is 0. The van der Waals surface area contributed by atoms with Crippen molar-refractivity contribution in [1.29, 1.82) is 0 Å². The summed E-state index contributed by atoms with van der Waals surface area (Å²) in [6.45, 7) is 6.35. The Morgan fingerprint density at radius 3 is 3.17 bits per heavy atom. The molecule has 1 amide bonds. The second-order valence-electron chi connectivity index (χ2n) is 2.69. The minimum atomic E-state index is -0.271. The van der Waals surface area contributed by atoms with Crippen LogP contribution in [-0.2, 0) is 4.74 Å². The Bertz CT molecular complexity index is 211. The molecule has 66 valence electrons. The molecule has 1 atom stereocenters. The highest BCUT2D eigenvalue weighted by Crippen LogP contribution is 2.09. The van der Waals surface area contributed by atoms with E-state index in [-0.39, 0.29) is 18.7 Å². The standard InChI is InChI=1S/C9H13NO2/c1-3-7-12-9(11)10-6-4-5-8(10)2/h3-5,8H,1,6-7H2,2H3. The van der Waals surface area contributed by atoms with Crippen molar-refractivity contribution < 1.29 is 9.53 Å². The third-order valence-electron chi connectivity index (χ3n) is 1.77. The van der Waals surface area contributed by atoms with Gasteiger partial charge in [0.05, 0.1) is 6.04 Å². The van der Waals surface area contributed by atoms with Gasteiger partial charge in [-0.25, -0.2) is 4.79 Å². The molecule has 1 aliphatic rings. The molecule has 0 aliphatic carbocycles. The first-order valence-electron chi connectivity index (χ1n) is 3.96. The second kappa shape index (κ2) is 3.95. The molecule has 12 heavy (non-hydrogen) atoms. The Labute approximate surface area is 72.3 Å². The number of nitrogens with zero attached hydrogens (tertiary/aromatic N) is 1. The van der Waals surface area contributed by atoms with Gasteiger partial charge in [-0.15, -0.1) is 0 Å². The fourth-order valence-corrected chi connectivity index (χ4v) is 1.10. The van der Waals surface area contributed by atoms with Crippen LogP contribution in [0.25, 0.3) is 0 Å². The highest BCUT2D eigenvalue weighted by molar-refractivity contribution is 5.69. The lowest BCUT2D eigenvalue weighted by molar-refractivity contribution is 0.113. The van der Waals surface area contributed by atoms with E-state index in [4.69, 9.17) is 4.74 Å². The summed E-state index contributed by atoms with van der Waals surface area (Å²) >= 11 is 0. The molecular formula is C9H13NO2. The lowest BCUT2D eigenvalue weighted by atomic mass is 10.3. The van der Waals surface area contributed by atoms with Gasteiger partial charge in [0, 0.05) is 6.54 Å². The van der Waals surface area contributed by atoms with Gasteiger partial charge in [0.2, 0.25) is 0 Å². The van der Waals surface area contributed by atoms with Crippen LogP contribution >= 0.6 is 0 Å². The van der Waals surface area contributed by atoms with Crippen molar-refractivity contribution in [3.63, 3.8) is 0 Å². The lowest BCUT2D eigenvalue weighted by Crippen LogP contribution is -2.34. The molecule has 0 aromatic rings. The normalized spacial score (nSPS) is 21.1. The molecule has 0 fully saturated rings. The highest BCUT2D eigenvalue weighted by atomic mass is 16.6. The molecule has 1 heterocycles. The Balaban J connectivity index is 2.37. The van der Waals surface area contributed by atoms with Crippen LogP contribution in [0.1, 0.15) is 6.92 Å². The van der Waals surface area contributed by atoms with Crippen LogP contribution < -0.4 is 0 Å². The third-order valence-corrected chi connectivity index (χ3v) is 1.77. The highest BCUT2D eigenvalue weighted by Gasteiger charge is 2.21. The maximum absolute atomic E-state index is 11.2. The Kier molecular flexibility index (Phi) is 2.91. The molecule has 1 unspecified atom stereocenters. The number of carbonyl (C=O) groups excluding carboxylic acids is 1. The maximum Gasteiger partial charge on any atom is 0.410 e. The summed E-state index contributed by atoms with van der Waals surface area (Å²) in [5.74, 6) is 0. The van der Waals surface area contributed by atoms with Gasteiger partial charge in [0.15, 0.2) is 0 Å². The van der Waals surface area contributed by atoms with Crippen LogP contribution in [0.15, 0.2) is 24.8 Å². The molecule has 1 aliphatic heterocycles. The van der Waals surface area contributed by atoms with Gasteiger partial charge in [0.25, 0.3) is 0 Å². The van der Waals surface area contributed by atoms with Crippen molar-refractivity contribution in [2.45, 2.75) is 13.0 Å². The SMILES string of the molecule is C=CCOC(=O)N1CC=CC1C. The molecule has 3 nitrogen and oxygen atoms in total. The monoisotopic (exact) mass is 167 g/mol. The van der Waals surface area contributed by atoms with Crippen LogP contribution in [0.2, 0.25) is 0 Å². The predicted molar refractivity (Wildman–Crippen MR) is 46.9 cm³/mol. The molecular weight excluding hydrogens is 154 g/mol. The van der Waals surface area contributed by atoms with E-state index in [0.29, 0.717) is 6.54 Å². The average Bonchev–Trinajstić information content (AvgIpc) is 2.47. The van der Waals surface area contributed by atoms with E-state index in [9.17, 15) is 4.79 Å². The van der Waals surface area contributed by atoms with E-state index in [0.717, 1.165) is 0 Å². The average molecular weight is 167 g/mol. The smallest absolute Gasteiger partial charge is 0.410 e. The maximum atomic E-state index is 11.2. The summed E-state index contributed by atoms with van der Waals surface area (Å²) in [4.78, 5) is 12.9. The van der Waals surface area contributed by atoms with Gasteiger partial charge in [-0.05, 0) is 6.92 Å². The fraction of sp³-hybridized carbons (Fsp3) is 0.444. The van der Waals surface area contributed by atoms with Crippen LogP contribution in [-0.4, -0.2) is 30.2 Å². The topological polar surface area (TPSA) is 29.5 Å². The molecule has 0 radical (unpaired) electrons. The van der Waals surface area contributed by atoms with Gasteiger partial charge >= 0.3 is 6.09 Å². The minimum absolute atomic E-state index is 0.155. The first-order chi connectivity index (χ1) is 5.75. The van der Waals surface area contributed by atoms with E-state index in [2.05, 4.69) is 6.58 Å². The van der Waals surface area contributed by atoms with E-state index in [1.807, 2.05) is 19.1 Å². The van der Waals surface area contributed by atoms with Crippen LogP contribution in [0.5, 0.6) is 0 Å². The Morgan fingerprint density at radius 2 is 2.67 bits per heavy atom. The van der Waals surface area contributed by atoms with E-state index in [1.165, 1.54) is 0 Å². The van der Waals surface area contributed by atoms with Crippen LogP contribution in [0.3, 0.4) is 0 Å². The summed E-state index contributed by atoms with van der Waals surface area (Å²) in [7, 11) is 0. The molecule has 0 saturated heterocycles. The van der Waals surface area contributed by atoms with Gasteiger partial charge in [0.1, 0.15) is 6.61 Å². The van der Waals surface area contributed by atoms with E-state index in [1.54, 1.807) is 11.0 Å². The molecule has 1 rings (SSSR count). The quantitative estimate of drug-likeness (QED) is 0.584. The molecule has 0 saturated carbocycles. The van der Waals surface area contributed by atoms with Gasteiger partial charge in [-0.1, -0.05) is 24.8 Å². The zero-order valence-electron chi connectivity index (χ0n) is 7.19. The molecule has 0 N–H and O–H groups in total. The zero-order chi connectivity index (χ0) is 8.97. The molecule has 0 bridgehead atoms. The number of ether oxygens (including phenoxy) is 1. The number of amides is 1. The summed E-state index contributed by atoms with van der Waals surface area (Å²) in [5, 5.41) is 0. The van der Waals surface area contributed by atoms with E-state index < -0.39 is 0 Å². The third kappa shape index (κ3) is 1.87. The van der Waals surface area contributed by atoms with Crippen molar-refractivity contribution in [3.8, 4) is 0 Å². The zero-order valence-corrected chi connectivity index (χ0v) is 7.19. The van der Waals surface area contributed by atoms with Crippen LogP contribution in [0.4, 0.5) is 4.79 Å². The Morgan fingerprint density at radius 1 is 1.92 bits per heavy atom. The van der Waals surface area contributed by atoms with Crippen LogP contribution in [0, 0.1) is 0 Å². The molecule has 0 spiro atoms. The summed E-state index contributed by atoms with van der Waals surface area (Å²) in [6, 6.07) is 0.155. The molecule has 3 heteroatoms. The predicted octanol–water partition coefficient (Wildman–Crippen LogP) is 1.57. The number of carbonyl (C=O) groups is 1. The summed E-state index contributed by atoms with van der Waals surface area (Å²) in [6.07, 6.45) is 5.23. The molecule has 0 aromatic heterocycles. The van der Waals surface area contributed by atoms with E-state index >= 15 is 0 Å². The summed E-state index contributed by atoms with van der Waals surface area (Å²) in [5.41, 5.74) is 0. The van der Waals surface area contributed by atoms with Crippen molar-refractivity contribution >= 4 is 6.09 Å². The van der Waals surface area contributed by atoms with Gasteiger partial charge < -0.3 is 4.74 Å². The Hall–Kier alpha value is -1.25. The van der Waals surface area contributed by atoms with Crippen molar-refractivity contribution in [2.24, 2.45) is 0 Å². The second-order valence-corrected chi connectivity index (χ2v) is 2.69. The minimum Gasteiger partial charge on any atom is -0.445 e.